The molecule has 1 aromatic heterocycles. The molecule has 1 atom stereocenters. The van der Waals surface area contributed by atoms with Crippen LogP contribution in [0.5, 0.6) is 0 Å². The predicted octanol–water partition coefficient (Wildman–Crippen LogP) is 5.52. The number of carbonyl (C=O) groups excluding carboxylic acids is 1. The topological polar surface area (TPSA) is 82.1 Å². The van der Waals surface area contributed by atoms with Crippen LogP contribution in [-0.2, 0) is 25.0 Å². The van der Waals surface area contributed by atoms with Crippen LogP contribution in [0.25, 0.3) is 10.1 Å². The number of rotatable bonds is 9. The Labute approximate surface area is 173 Å². The molecule has 2 aromatic carbocycles. The molecule has 0 saturated carbocycles. The summed E-state index contributed by atoms with van der Waals surface area (Å²) in [7, 11) is -3.70. The number of aliphatic hydroxyl groups excluding tert-OH is 1. The van der Waals surface area contributed by atoms with E-state index in [4.69, 9.17) is 13.8 Å². The van der Waals surface area contributed by atoms with Crippen LogP contribution in [0.4, 0.5) is 0 Å². The van der Waals surface area contributed by atoms with Gasteiger partial charge in [-0.3, -0.25) is 4.57 Å². The summed E-state index contributed by atoms with van der Waals surface area (Å²) in [6.45, 7) is 3.89. The second-order valence-corrected chi connectivity index (χ2v) is 9.39. The molecule has 0 aliphatic heterocycles. The van der Waals surface area contributed by atoms with Crippen molar-refractivity contribution in [3.8, 4) is 0 Å². The number of hydrogen-bond donors (Lipinski definition) is 1. The second-order valence-electron chi connectivity index (χ2n) is 6.22. The second kappa shape index (κ2) is 9.65. The predicted molar refractivity (Wildman–Crippen MR) is 113 cm³/mol. The Morgan fingerprint density at radius 2 is 1.76 bits per heavy atom. The molecule has 0 amide bonds. The van der Waals surface area contributed by atoms with Gasteiger partial charge in [-0.05, 0) is 48.6 Å². The van der Waals surface area contributed by atoms with Crippen molar-refractivity contribution in [3.63, 3.8) is 0 Å². The van der Waals surface area contributed by atoms with Gasteiger partial charge >= 0.3 is 13.6 Å². The molecule has 3 aromatic rings. The first kappa shape index (κ1) is 21.7. The van der Waals surface area contributed by atoms with E-state index >= 15 is 0 Å². The molecular formula is C21H23O6PS. The van der Waals surface area contributed by atoms with Crippen molar-refractivity contribution >= 4 is 35.0 Å². The summed E-state index contributed by atoms with van der Waals surface area (Å²) >= 11 is 1.30. The first-order valence-corrected chi connectivity index (χ1v) is 11.7. The molecule has 1 heterocycles. The molecule has 3 rings (SSSR count). The van der Waals surface area contributed by atoms with Crippen molar-refractivity contribution in [3.05, 3.63) is 70.6 Å². The number of aliphatic hydroxyl groups is 1. The Morgan fingerprint density at radius 3 is 2.41 bits per heavy atom. The van der Waals surface area contributed by atoms with E-state index < -0.39 is 19.4 Å². The summed E-state index contributed by atoms with van der Waals surface area (Å²) < 4.78 is 29.5. The lowest BCUT2D eigenvalue weighted by molar-refractivity contribution is 0.0478. The molecule has 8 heteroatoms. The largest absolute Gasteiger partial charge is 0.457 e. The van der Waals surface area contributed by atoms with E-state index in [2.05, 4.69) is 0 Å². The van der Waals surface area contributed by atoms with E-state index in [1.54, 1.807) is 38.1 Å². The Hall–Kier alpha value is -2.02. The summed E-state index contributed by atoms with van der Waals surface area (Å²) in [5, 5.41) is 11.3. The molecule has 0 spiro atoms. The van der Waals surface area contributed by atoms with Crippen molar-refractivity contribution in [2.45, 2.75) is 26.3 Å². The SMILES string of the molecule is CCOP(=O)(OCC)C(O)c1ccc2sc(C(=O)OCc3ccccc3)cc2c1. The summed E-state index contributed by atoms with van der Waals surface area (Å²) in [5.74, 6) is -1.81. The van der Waals surface area contributed by atoms with Crippen LogP contribution in [0.3, 0.4) is 0 Å². The van der Waals surface area contributed by atoms with Crippen molar-refractivity contribution in [2.24, 2.45) is 0 Å². The third kappa shape index (κ3) is 5.13. The van der Waals surface area contributed by atoms with Crippen LogP contribution >= 0.6 is 18.9 Å². The third-order valence-corrected chi connectivity index (χ3v) is 7.40. The first-order valence-electron chi connectivity index (χ1n) is 9.28. The molecule has 0 aliphatic rings. The highest BCUT2D eigenvalue weighted by molar-refractivity contribution is 7.54. The van der Waals surface area contributed by atoms with Gasteiger partial charge in [0.15, 0.2) is 5.85 Å². The van der Waals surface area contributed by atoms with Crippen molar-refractivity contribution < 1.29 is 28.3 Å². The molecular weight excluding hydrogens is 411 g/mol. The molecule has 0 radical (unpaired) electrons. The summed E-state index contributed by atoms with van der Waals surface area (Å²) in [4.78, 5) is 12.8. The lowest BCUT2D eigenvalue weighted by Gasteiger charge is -2.22. The molecule has 154 valence electrons. The highest BCUT2D eigenvalue weighted by Gasteiger charge is 2.35. The fraction of sp³-hybridized carbons (Fsp3) is 0.286. The van der Waals surface area contributed by atoms with Gasteiger partial charge in [-0.15, -0.1) is 11.3 Å². The maximum Gasteiger partial charge on any atom is 0.363 e. The van der Waals surface area contributed by atoms with Crippen molar-refractivity contribution in [1.29, 1.82) is 0 Å². The van der Waals surface area contributed by atoms with Gasteiger partial charge < -0.3 is 18.9 Å². The molecule has 0 bridgehead atoms. The number of benzene rings is 2. The van der Waals surface area contributed by atoms with E-state index in [9.17, 15) is 14.5 Å². The highest BCUT2D eigenvalue weighted by Crippen LogP contribution is 2.59. The van der Waals surface area contributed by atoms with E-state index in [1.807, 2.05) is 30.3 Å². The fourth-order valence-electron chi connectivity index (χ4n) is 2.84. The van der Waals surface area contributed by atoms with Crippen LogP contribution in [0, 0.1) is 0 Å². The van der Waals surface area contributed by atoms with Gasteiger partial charge in [-0.2, -0.15) is 0 Å². The van der Waals surface area contributed by atoms with Crippen molar-refractivity contribution in [2.75, 3.05) is 13.2 Å². The van der Waals surface area contributed by atoms with Crippen LogP contribution in [0.15, 0.2) is 54.6 Å². The Balaban J connectivity index is 1.78. The Morgan fingerprint density at radius 1 is 1.07 bits per heavy atom. The first-order chi connectivity index (χ1) is 14.0. The average Bonchev–Trinajstić information content (AvgIpc) is 3.16. The zero-order chi connectivity index (χ0) is 20.9. The lowest BCUT2D eigenvalue weighted by atomic mass is 10.2. The molecule has 1 unspecified atom stereocenters. The van der Waals surface area contributed by atoms with Gasteiger partial charge in [0, 0.05) is 4.70 Å². The Kier molecular flexibility index (Phi) is 7.22. The maximum absolute atomic E-state index is 12.8. The number of fused-ring (bicyclic) bond motifs is 1. The average molecular weight is 434 g/mol. The number of hydrogen-bond acceptors (Lipinski definition) is 7. The lowest BCUT2D eigenvalue weighted by Crippen LogP contribution is -2.06. The smallest absolute Gasteiger partial charge is 0.363 e. The molecule has 6 nitrogen and oxygen atoms in total. The van der Waals surface area contributed by atoms with Crippen LogP contribution in [-0.4, -0.2) is 24.3 Å². The summed E-state index contributed by atoms with van der Waals surface area (Å²) in [5.41, 5.74) is 1.32. The normalized spacial score (nSPS) is 12.8. The van der Waals surface area contributed by atoms with E-state index in [1.165, 1.54) is 11.3 Å². The molecule has 0 fully saturated rings. The van der Waals surface area contributed by atoms with Gasteiger partial charge in [0.2, 0.25) is 0 Å². The molecule has 1 N–H and O–H groups in total. The van der Waals surface area contributed by atoms with Crippen LogP contribution in [0.1, 0.15) is 40.5 Å². The van der Waals surface area contributed by atoms with E-state index in [0.29, 0.717) is 10.4 Å². The zero-order valence-electron chi connectivity index (χ0n) is 16.2. The fourth-order valence-corrected chi connectivity index (χ4v) is 5.38. The standard InChI is InChI=1S/C21H23O6PS/c1-3-26-28(24,27-4-2)21(23)16-10-11-18-17(12-16)13-19(29-18)20(22)25-14-15-8-6-5-7-9-15/h5-13,21,23H,3-4,14H2,1-2H3. The van der Waals surface area contributed by atoms with E-state index in [0.717, 1.165) is 15.6 Å². The summed E-state index contributed by atoms with van der Waals surface area (Å²) in [6, 6.07) is 16.3. The Bertz CT molecular complexity index is 1010. The quantitative estimate of drug-likeness (QED) is 0.353. The van der Waals surface area contributed by atoms with Crippen molar-refractivity contribution in [1.82, 2.24) is 0 Å². The maximum atomic E-state index is 12.8. The number of carbonyl (C=O) groups is 1. The minimum atomic E-state index is -3.70. The van der Waals surface area contributed by atoms with Gasteiger partial charge in [0.05, 0.1) is 13.2 Å². The minimum Gasteiger partial charge on any atom is -0.457 e. The van der Waals surface area contributed by atoms with Crippen LogP contribution in [0.2, 0.25) is 0 Å². The van der Waals surface area contributed by atoms with E-state index in [-0.39, 0.29) is 19.8 Å². The highest BCUT2D eigenvalue weighted by atomic mass is 32.1. The molecule has 0 saturated heterocycles. The van der Waals surface area contributed by atoms with Gasteiger partial charge in [-0.25, -0.2) is 4.79 Å². The third-order valence-electron chi connectivity index (χ3n) is 4.17. The molecule has 29 heavy (non-hydrogen) atoms. The number of ether oxygens (including phenoxy) is 1. The monoisotopic (exact) mass is 434 g/mol. The van der Waals surface area contributed by atoms with Crippen LogP contribution < -0.4 is 0 Å². The van der Waals surface area contributed by atoms with Gasteiger partial charge in [0.1, 0.15) is 11.5 Å². The summed E-state index contributed by atoms with van der Waals surface area (Å²) in [6.07, 6.45) is 0. The minimum absolute atomic E-state index is 0.159. The van der Waals surface area contributed by atoms with Gasteiger partial charge in [-0.1, -0.05) is 36.4 Å². The number of thiophene rings is 1. The molecule has 0 aliphatic carbocycles. The number of esters is 1. The van der Waals surface area contributed by atoms with Gasteiger partial charge in [0.25, 0.3) is 0 Å². The zero-order valence-corrected chi connectivity index (χ0v) is 17.9.